The van der Waals surface area contributed by atoms with E-state index in [1.807, 2.05) is 45.2 Å². The maximum absolute atomic E-state index is 15.3. The lowest BCUT2D eigenvalue weighted by molar-refractivity contribution is 0.0950. The number of hydrogen-bond donors (Lipinski definition) is 1. The van der Waals surface area contributed by atoms with Gasteiger partial charge in [0, 0.05) is 32.7 Å². The third-order valence-corrected chi connectivity index (χ3v) is 7.83. The molecule has 2 aliphatic heterocycles. The van der Waals surface area contributed by atoms with E-state index in [4.69, 9.17) is 4.74 Å². The molecule has 6 rings (SSSR count). The Balaban J connectivity index is 1.52. The van der Waals surface area contributed by atoms with Crippen LogP contribution < -0.4 is 15.6 Å². The van der Waals surface area contributed by atoms with Crippen LogP contribution in [-0.4, -0.2) is 77.2 Å². The smallest absolute Gasteiger partial charge is 0.259 e. The SMILES string of the molecule is CN1CCC[C@@H]1CCNC(=O)c1c(=O)c2cc(F)c(N3CCOCC3)nc2n2c3ccccc3n(C)c12. The second kappa shape index (κ2) is 9.42. The number of carbonyl (C=O) groups excluding carboxylic acids is 1. The number of likely N-dealkylation sites (tertiary alicyclic amines) is 1. The summed E-state index contributed by atoms with van der Waals surface area (Å²) in [5.41, 5.74) is 1.90. The van der Waals surface area contributed by atoms with Crippen LogP contribution in [0, 0.1) is 5.82 Å². The molecular weight excluding hydrogens is 475 g/mol. The van der Waals surface area contributed by atoms with Gasteiger partial charge in [-0.1, -0.05) is 12.1 Å². The Hall–Kier alpha value is -3.50. The van der Waals surface area contributed by atoms with Gasteiger partial charge in [0.25, 0.3) is 5.91 Å². The van der Waals surface area contributed by atoms with Crippen molar-refractivity contribution in [3.63, 3.8) is 0 Å². The number of nitrogens with zero attached hydrogens (tertiary/aromatic N) is 5. The van der Waals surface area contributed by atoms with Crippen LogP contribution in [0.1, 0.15) is 29.6 Å². The number of hydrogen-bond acceptors (Lipinski definition) is 6. The third-order valence-electron chi connectivity index (χ3n) is 7.83. The number of carbonyl (C=O) groups is 1. The second-order valence-corrected chi connectivity index (χ2v) is 10.00. The monoisotopic (exact) mass is 506 g/mol. The summed E-state index contributed by atoms with van der Waals surface area (Å²) in [5.74, 6) is -0.842. The van der Waals surface area contributed by atoms with Crippen LogP contribution in [0.25, 0.3) is 27.7 Å². The highest BCUT2D eigenvalue weighted by atomic mass is 19.1. The van der Waals surface area contributed by atoms with Crippen LogP contribution in [0.4, 0.5) is 10.2 Å². The van der Waals surface area contributed by atoms with Crippen LogP contribution >= 0.6 is 0 Å². The topological polar surface area (TPSA) is 84.1 Å². The molecule has 0 aliphatic carbocycles. The summed E-state index contributed by atoms with van der Waals surface area (Å²) in [6.07, 6.45) is 3.08. The van der Waals surface area contributed by atoms with Crippen molar-refractivity contribution in [3.8, 4) is 0 Å². The molecule has 37 heavy (non-hydrogen) atoms. The molecule has 2 fully saturated rings. The number of anilines is 1. The number of ether oxygens (including phenoxy) is 1. The molecule has 0 unspecified atom stereocenters. The summed E-state index contributed by atoms with van der Waals surface area (Å²) in [6.45, 7) is 3.52. The number of pyridine rings is 2. The van der Waals surface area contributed by atoms with Gasteiger partial charge in [-0.15, -0.1) is 0 Å². The van der Waals surface area contributed by atoms with Crippen molar-refractivity contribution in [3.05, 3.63) is 51.9 Å². The summed E-state index contributed by atoms with van der Waals surface area (Å²) in [6, 6.07) is 9.31. The van der Waals surface area contributed by atoms with Crippen LogP contribution in [0.15, 0.2) is 35.1 Å². The van der Waals surface area contributed by atoms with Crippen LogP contribution in [0.5, 0.6) is 0 Å². The Morgan fingerprint density at radius 3 is 2.65 bits per heavy atom. The zero-order valence-corrected chi connectivity index (χ0v) is 21.2. The van der Waals surface area contributed by atoms with Crippen molar-refractivity contribution in [1.29, 1.82) is 0 Å². The number of aromatic nitrogens is 3. The fraction of sp³-hybridized carbons (Fsp3) is 0.444. The lowest BCUT2D eigenvalue weighted by Gasteiger charge is -2.28. The van der Waals surface area contributed by atoms with E-state index in [1.165, 1.54) is 6.07 Å². The Morgan fingerprint density at radius 1 is 1.16 bits per heavy atom. The first-order valence-corrected chi connectivity index (χ1v) is 12.9. The highest BCUT2D eigenvalue weighted by Crippen LogP contribution is 2.28. The third kappa shape index (κ3) is 3.95. The Bertz CT molecular complexity index is 1570. The van der Waals surface area contributed by atoms with E-state index >= 15 is 4.39 Å². The van der Waals surface area contributed by atoms with E-state index in [2.05, 4.69) is 22.2 Å². The molecule has 10 heteroatoms. The minimum Gasteiger partial charge on any atom is -0.378 e. The van der Waals surface area contributed by atoms with E-state index in [0.29, 0.717) is 50.2 Å². The molecule has 194 valence electrons. The first kappa shape index (κ1) is 23.9. The zero-order valence-electron chi connectivity index (χ0n) is 21.2. The minimum atomic E-state index is -0.581. The maximum Gasteiger partial charge on any atom is 0.259 e. The molecule has 2 aliphatic rings. The van der Waals surface area contributed by atoms with Crippen LogP contribution in [0.2, 0.25) is 0 Å². The number of morpholine rings is 1. The van der Waals surface area contributed by atoms with Gasteiger partial charge in [0.05, 0.1) is 29.6 Å². The molecular formula is C27H31FN6O3. The molecule has 4 aromatic rings. The minimum absolute atomic E-state index is 0.00583. The average molecular weight is 507 g/mol. The standard InChI is InChI=1S/C27H31FN6O3/c1-31-11-5-6-17(31)9-10-29-26(36)22-23(35)18-16-19(28)25(33-12-14-37-15-13-33)30-24(18)34-21-8-4-3-7-20(21)32(2)27(22)34/h3-4,7-8,16-17H,5-6,9-15H2,1-2H3,(H,29,36)/t17-/m1/s1. The average Bonchev–Trinajstić information content (AvgIpc) is 3.45. The molecule has 1 amide bonds. The molecule has 1 N–H and O–H groups in total. The van der Waals surface area contributed by atoms with Crippen LogP contribution in [-0.2, 0) is 11.8 Å². The molecule has 1 atom stereocenters. The predicted octanol–water partition coefficient (Wildman–Crippen LogP) is 2.53. The van der Waals surface area contributed by atoms with Gasteiger partial charge in [-0.05, 0) is 51.1 Å². The van der Waals surface area contributed by atoms with E-state index in [9.17, 15) is 9.59 Å². The Kier molecular flexibility index (Phi) is 6.08. The summed E-state index contributed by atoms with van der Waals surface area (Å²) in [5, 5.41) is 3.05. The summed E-state index contributed by atoms with van der Waals surface area (Å²) < 4.78 is 24.4. The predicted molar refractivity (Wildman–Crippen MR) is 141 cm³/mol. The highest BCUT2D eigenvalue weighted by molar-refractivity contribution is 6.05. The van der Waals surface area contributed by atoms with E-state index in [1.54, 1.807) is 0 Å². The van der Waals surface area contributed by atoms with Crippen molar-refractivity contribution in [2.24, 2.45) is 7.05 Å². The fourth-order valence-electron chi connectivity index (χ4n) is 5.84. The lowest BCUT2D eigenvalue weighted by Crippen LogP contribution is -2.37. The van der Waals surface area contributed by atoms with Gasteiger partial charge in [-0.3, -0.25) is 14.0 Å². The van der Waals surface area contributed by atoms with Crippen molar-refractivity contribution in [1.82, 2.24) is 24.2 Å². The number of rotatable bonds is 5. The van der Waals surface area contributed by atoms with Gasteiger partial charge >= 0.3 is 0 Å². The van der Waals surface area contributed by atoms with Crippen LogP contribution in [0.3, 0.4) is 0 Å². The molecule has 9 nitrogen and oxygen atoms in total. The van der Waals surface area contributed by atoms with Crippen molar-refractivity contribution >= 4 is 39.4 Å². The normalized spacial score (nSPS) is 18.9. The van der Waals surface area contributed by atoms with Crippen molar-refractivity contribution in [2.75, 3.05) is 51.3 Å². The fourth-order valence-corrected chi connectivity index (χ4v) is 5.84. The molecule has 0 saturated carbocycles. The number of fused-ring (bicyclic) bond motifs is 5. The van der Waals surface area contributed by atoms with Gasteiger partial charge in [0.1, 0.15) is 11.2 Å². The molecule has 0 spiro atoms. The zero-order chi connectivity index (χ0) is 25.7. The first-order chi connectivity index (χ1) is 18.0. The molecule has 3 aromatic heterocycles. The summed E-state index contributed by atoms with van der Waals surface area (Å²) in [4.78, 5) is 36.1. The van der Waals surface area contributed by atoms with Gasteiger partial charge in [-0.25, -0.2) is 9.37 Å². The Morgan fingerprint density at radius 2 is 1.92 bits per heavy atom. The summed E-state index contributed by atoms with van der Waals surface area (Å²) >= 11 is 0. The molecule has 1 aromatic carbocycles. The number of benzene rings is 1. The first-order valence-electron chi connectivity index (χ1n) is 12.9. The number of imidazole rings is 1. The Labute approximate surface area is 213 Å². The quantitative estimate of drug-likeness (QED) is 0.448. The number of nitrogens with one attached hydrogen (secondary N) is 1. The highest BCUT2D eigenvalue weighted by Gasteiger charge is 2.27. The van der Waals surface area contributed by atoms with Gasteiger partial charge in [0.2, 0.25) is 5.43 Å². The largest absolute Gasteiger partial charge is 0.378 e. The molecule has 0 radical (unpaired) electrons. The number of aryl methyl sites for hydroxylation is 1. The van der Waals surface area contributed by atoms with E-state index < -0.39 is 17.2 Å². The maximum atomic E-state index is 15.3. The van der Waals surface area contributed by atoms with Crippen molar-refractivity contribution < 1.29 is 13.9 Å². The van der Waals surface area contributed by atoms with Gasteiger partial charge in [-0.2, -0.15) is 0 Å². The molecule has 2 saturated heterocycles. The number of amides is 1. The molecule has 0 bridgehead atoms. The van der Waals surface area contributed by atoms with Gasteiger partial charge < -0.3 is 24.4 Å². The van der Waals surface area contributed by atoms with E-state index in [0.717, 1.165) is 36.8 Å². The molecule has 5 heterocycles. The van der Waals surface area contributed by atoms with Gasteiger partial charge in [0.15, 0.2) is 17.3 Å². The van der Waals surface area contributed by atoms with E-state index in [-0.39, 0.29) is 16.8 Å². The number of para-hydroxylation sites is 2. The summed E-state index contributed by atoms with van der Waals surface area (Å²) in [7, 11) is 3.93. The lowest BCUT2D eigenvalue weighted by atomic mass is 10.1. The second-order valence-electron chi connectivity index (χ2n) is 10.00. The van der Waals surface area contributed by atoms with Crippen molar-refractivity contribution in [2.45, 2.75) is 25.3 Å². The number of halogens is 1.